The van der Waals surface area contributed by atoms with E-state index in [-0.39, 0.29) is 18.8 Å². The van der Waals surface area contributed by atoms with Gasteiger partial charge in [-0.3, -0.25) is 4.57 Å². The normalized spacial score (nSPS) is 24.8. The molecule has 0 bridgehead atoms. The van der Waals surface area contributed by atoms with E-state index in [1.54, 1.807) is 0 Å². The Morgan fingerprint density at radius 2 is 2.41 bits per heavy atom. The topological polar surface area (TPSA) is 137 Å². The number of methoxy groups -OCH3 is 1. The van der Waals surface area contributed by atoms with E-state index in [9.17, 15) is 14.7 Å². The van der Waals surface area contributed by atoms with Gasteiger partial charge in [0.15, 0.2) is 0 Å². The van der Waals surface area contributed by atoms with Crippen LogP contribution in [0.5, 0.6) is 0 Å². The number of aliphatic hydroxyl groups excluding tert-OH is 2. The van der Waals surface area contributed by atoms with Crippen molar-refractivity contribution in [2.75, 3.05) is 19.5 Å². The molecule has 1 aromatic rings. The van der Waals surface area contributed by atoms with Crippen molar-refractivity contribution in [3.63, 3.8) is 0 Å². The van der Waals surface area contributed by atoms with Crippen LogP contribution in [0.4, 0.5) is 5.82 Å². The molecule has 3 atom stereocenters. The first-order valence-corrected chi connectivity index (χ1v) is 6.55. The summed E-state index contributed by atoms with van der Waals surface area (Å²) in [7, 11) is 1.23. The number of anilines is 1. The molecule has 0 amide bonds. The smallest absolute Gasteiger partial charge is 0.351 e. The predicted octanol–water partition coefficient (Wildman–Crippen LogP) is -1.35. The average Bonchev–Trinajstić information content (AvgIpc) is 2.86. The number of hydrogen-bond donors (Lipinski definition) is 3. The number of carbonyl (C=O) groups is 1. The van der Waals surface area contributed by atoms with Crippen molar-refractivity contribution in [1.82, 2.24) is 9.55 Å². The average molecular weight is 311 g/mol. The predicted molar refractivity (Wildman–Crippen MR) is 75.6 cm³/mol. The van der Waals surface area contributed by atoms with Crippen molar-refractivity contribution >= 4 is 17.9 Å². The summed E-state index contributed by atoms with van der Waals surface area (Å²) in [6, 6.07) is 0. The molecule has 0 spiro atoms. The van der Waals surface area contributed by atoms with Gasteiger partial charge in [0.25, 0.3) is 0 Å². The number of hydrogen-bond acceptors (Lipinski definition) is 8. The van der Waals surface area contributed by atoms with Gasteiger partial charge in [-0.15, -0.1) is 0 Å². The van der Waals surface area contributed by atoms with Gasteiger partial charge in [-0.25, -0.2) is 9.59 Å². The fourth-order valence-electron chi connectivity index (χ4n) is 2.11. The number of ether oxygens (including phenoxy) is 2. The quantitative estimate of drug-likeness (QED) is 0.458. The molecule has 1 aliphatic heterocycles. The minimum atomic E-state index is -0.881. The highest BCUT2D eigenvalue weighted by Gasteiger charge is 2.35. The molecule has 2 heterocycles. The summed E-state index contributed by atoms with van der Waals surface area (Å²) in [6.45, 7) is -0.357. The van der Waals surface area contributed by atoms with Gasteiger partial charge < -0.3 is 25.4 Å². The molecule has 22 heavy (non-hydrogen) atoms. The zero-order valence-electron chi connectivity index (χ0n) is 11.9. The number of nitrogens with two attached hydrogens (primary N) is 1. The van der Waals surface area contributed by atoms with E-state index in [0.29, 0.717) is 5.56 Å². The first-order chi connectivity index (χ1) is 10.5. The zero-order chi connectivity index (χ0) is 16.3. The fraction of sp³-hybridized carbons (Fsp3) is 0.462. The number of nitrogens with zero attached hydrogens (tertiary/aromatic N) is 2. The monoisotopic (exact) mass is 311 g/mol. The summed E-state index contributed by atoms with van der Waals surface area (Å²) in [5, 5.41) is 18.8. The van der Waals surface area contributed by atoms with Crippen LogP contribution in [0.25, 0.3) is 6.08 Å². The number of rotatable bonds is 4. The summed E-state index contributed by atoms with van der Waals surface area (Å²) in [4.78, 5) is 26.7. The maximum Gasteiger partial charge on any atom is 0.351 e. The lowest BCUT2D eigenvalue weighted by Gasteiger charge is -2.15. The molecule has 1 aromatic heterocycles. The number of aromatic nitrogens is 2. The Morgan fingerprint density at radius 1 is 1.68 bits per heavy atom. The van der Waals surface area contributed by atoms with E-state index in [4.69, 9.17) is 15.6 Å². The molecule has 1 saturated heterocycles. The molecule has 9 heteroatoms. The second kappa shape index (κ2) is 6.69. The van der Waals surface area contributed by atoms with Gasteiger partial charge in [0.05, 0.1) is 19.8 Å². The fourth-order valence-corrected chi connectivity index (χ4v) is 2.11. The van der Waals surface area contributed by atoms with E-state index < -0.39 is 30.1 Å². The first kappa shape index (κ1) is 16.1. The number of aliphatic hydroxyl groups is 2. The lowest BCUT2D eigenvalue weighted by atomic mass is 10.2. The molecule has 0 aromatic carbocycles. The SMILES string of the molecule is COC(=O)/C=C/c1cn([C@H]2C[C@H](O)[C@@H](CO)O2)c(=O)nc1N. The van der Waals surface area contributed by atoms with Crippen LogP contribution in [-0.2, 0) is 14.3 Å². The lowest BCUT2D eigenvalue weighted by Crippen LogP contribution is -2.28. The molecular formula is C13H17N3O6. The van der Waals surface area contributed by atoms with E-state index >= 15 is 0 Å². The summed E-state index contributed by atoms with van der Waals surface area (Å²) in [5.74, 6) is -0.622. The molecule has 1 fully saturated rings. The second-order valence-electron chi connectivity index (χ2n) is 4.74. The molecule has 4 N–H and O–H groups in total. The van der Waals surface area contributed by atoms with Crippen molar-refractivity contribution in [3.05, 3.63) is 28.3 Å². The molecule has 0 radical (unpaired) electrons. The first-order valence-electron chi connectivity index (χ1n) is 6.55. The van der Waals surface area contributed by atoms with Gasteiger partial charge in [0.1, 0.15) is 18.1 Å². The van der Waals surface area contributed by atoms with Gasteiger partial charge in [-0.05, 0) is 6.08 Å². The molecule has 120 valence electrons. The lowest BCUT2D eigenvalue weighted by molar-refractivity contribution is -0.134. The molecule has 9 nitrogen and oxygen atoms in total. The second-order valence-corrected chi connectivity index (χ2v) is 4.74. The highest BCUT2D eigenvalue weighted by Crippen LogP contribution is 2.27. The number of nitrogen functional groups attached to an aromatic ring is 1. The van der Waals surface area contributed by atoms with Gasteiger partial charge in [0, 0.05) is 24.3 Å². The van der Waals surface area contributed by atoms with Crippen LogP contribution in [0.2, 0.25) is 0 Å². The molecule has 1 aliphatic rings. The van der Waals surface area contributed by atoms with Crippen LogP contribution in [0.3, 0.4) is 0 Å². The van der Waals surface area contributed by atoms with E-state index in [0.717, 1.165) is 10.6 Å². The zero-order valence-corrected chi connectivity index (χ0v) is 11.9. The Bertz CT molecular complexity index is 641. The third-order valence-corrected chi connectivity index (χ3v) is 3.31. The molecule has 0 saturated carbocycles. The molecule has 0 aliphatic carbocycles. The van der Waals surface area contributed by atoms with Crippen molar-refractivity contribution in [2.45, 2.75) is 24.9 Å². The van der Waals surface area contributed by atoms with Gasteiger partial charge in [0.2, 0.25) is 0 Å². The standard InChI is InChI=1S/C13H17N3O6/c1-21-11(19)3-2-7-5-16(13(20)15-12(7)14)10-4-8(18)9(6-17)22-10/h2-3,5,8-10,17-18H,4,6H2,1H3,(H2,14,15,20)/b3-2+/t8-,9+,10+/m0/s1. The Kier molecular flexibility index (Phi) is 4.91. The van der Waals surface area contributed by atoms with Crippen LogP contribution < -0.4 is 11.4 Å². The van der Waals surface area contributed by atoms with Gasteiger partial charge in [-0.2, -0.15) is 4.98 Å². The molecular weight excluding hydrogens is 294 g/mol. The van der Waals surface area contributed by atoms with Gasteiger partial charge in [-0.1, -0.05) is 0 Å². The Hall–Kier alpha value is -2.23. The largest absolute Gasteiger partial charge is 0.466 e. The van der Waals surface area contributed by atoms with Crippen LogP contribution >= 0.6 is 0 Å². The van der Waals surface area contributed by atoms with Crippen LogP contribution in [-0.4, -0.2) is 51.7 Å². The van der Waals surface area contributed by atoms with E-state index in [1.807, 2.05) is 0 Å². The summed E-state index contributed by atoms with van der Waals surface area (Å²) < 4.78 is 11.0. The number of carbonyl (C=O) groups excluding carboxylic acids is 1. The van der Waals surface area contributed by atoms with E-state index in [2.05, 4.69) is 9.72 Å². The Morgan fingerprint density at radius 3 is 3.00 bits per heavy atom. The van der Waals surface area contributed by atoms with Crippen molar-refractivity contribution in [2.24, 2.45) is 0 Å². The van der Waals surface area contributed by atoms with Crippen molar-refractivity contribution < 1.29 is 24.5 Å². The Labute approximate surface area is 125 Å². The van der Waals surface area contributed by atoms with Crippen LogP contribution in [0.15, 0.2) is 17.1 Å². The minimum Gasteiger partial charge on any atom is -0.466 e. The van der Waals surface area contributed by atoms with Crippen LogP contribution in [0, 0.1) is 0 Å². The highest BCUT2D eigenvalue weighted by atomic mass is 16.5. The van der Waals surface area contributed by atoms with Crippen molar-refractivity contribution in [1.29, 1.82) is 0 Å². The summed E-state index contributed by atoms with van der Waals surface area (Å²) in [6.07, 6.45) is 1.61. The maximum absolute atomic E-state index is 11.9. The summed E-state index contributed by atoms with van der Waals surface area (Å²) >= 11 is 0. The summed E-state index contributed by atoms with van der Waals surface area (Å²) in [5.41, 5.74) is 5.32. The van der Waals surface area contributed by atoms with E-state index in [1.165, 1.54) is 19.4 Å². The molecule has 2 rings (SSSR count). The van der Waals surface area contributed by atoms with Crippen molar-refractivity contribution in [3.8, 4) is 0 Å². The highest BCUT2D eigenvalue weighted by molar-refractivity contribution is 5.87. The van der Waals surface area contributed by atoms with Gasteiger partial charge >= 0.3 is 11.7 Å². The number of esters is 1. The third-order valence-electron chi connectivity index (χ3n) is 3.31. The Balaban J connectivity index is 2.31. The minimum absolute atomic E-state index is 0.0429. The molecule has 0 unspecified atom stereocenters. The third kappa shape index (κ3) is 3.32. The van der Waals surface area contributed by atoms with Crippen LogP contribution in [0.1, 0.15) is 18.2 Å². The maximum atomic E-state index is 11.9.